The lowest BCUT2D eigenvalue weighted by Gasteiger charge is -2.29. The van der Waals surface area contributed by atoms with Gasteiger partial charge in [0.05, 0.1) is 10.9 Å². The smallest absolute Gasteiger partial charge is 0.240 e. The standard InChI is InChI=1S/C26H27ClFN3O3S/c1-17(18-2-6-21(28)7-3-18)30-26(32)20-4-8-22(9-5-20)31-35(33,34)23-10-11-24(25(27)16-23)19-12-14-29-15-13-19/h2-3,6-7,10-17,20,22,31H,4-5,8-9H2,1H3,(H,30,32)/t17-,20?,22?/m1/s1. The van der Waals surface area contributed by atoms with Gasteiger partial charge in [-0.25, -0.2) is 17.5 Å². The molecule has 0 saturated heterocycles. The van der Waals surface area contributed by atoms with E-state index in [0.29, 0.717) is 30.7 Å². The van der Waals surface area contributed by atoms with Gasteiger partial charge in [-0.15, -0.1) is 0 Å². The molecule has 0 bridgehead atoms. The highest BCUT2D eigenvalue weighted by molar-refractivity contribution is 7.89. The second-order valence-corrected chi connectivity index (χ2v) is 11.0. The number of nitrogens with one attached hydrogen (secondary N) is 2. The third-order valence-corrected chi connectivity index (χ3v) is 8.22. The normalized spacial score (nSPS) is 19.2. The first-order valence-electron chi connectivity index (χ1n) is 11.5. The summed E-state index contributed by atoms with van der Waals surface area (Å²) in [6.07, 6.45) is 5.58. The lowest BCUT2D eigenvalue weighted by Crippen LogP contribution is -2.41. The number of halogens is 2. The molecule has 1 fully saturated rings. The zero-order chi connectivity index (χ0) is 25.0. The number of benzene rings is 2. The van der Waals surface area contributed by atoms with Gasteiger partial charge in [-0.05, 0) is 80.1 Å². The number of rotatable bonds is 7. The summed E-state index contributed by atoms with van der Waals surface area (Å²) in [7, 11) is -3.76. The highest BCUT2D eigenvalue weighted by Gasteiger charge is 2.30. The van der Waals surface area contributed by atoms with E-state index < -0.39 is 10.0 Å². The van der Waals surface area contributed by atoms with Crippen LogP contribution in [0.1, 0.15) is 44.2 Å². The Balaban J connectivity index is 1.33. The van der Waals surface area contributed by atoms with Crippen molar-refractivity contribution in [1.82, 2.24) is 15.0 Å². The van der Waals surface area contributed by atoms with Crippen molar-refractivity contribution < 1.29 is 17.6 Å². The molecule has 1 aliphatic rings. The minimum absolute atomic E-state index is 0.0679. The maximum atomic E-state index is 13.1. The zero-order valence-electron chi connectivity index (χ0n) is 19.2. The molecule has 1 saturated carbocycles. The summed E-state index contributed by atoms with van der Waals surface area (Å²) in [4.78, 5) is 16.8. The Bertz CT molecular complexity index is 1280. The lowest BCUT2D eigenvalue weighted by atomic mass is 9.85. The van der Waals surface area contributed by atoms with Crippen LogP contribution in [-0.4, -0.2) is 25.4 Å². The fourth-order valence-electron chi connectivity index (χ4n) is 4.36. The minimum atomic E-state index is -3.76. The molecule has 1 heterocycles. The van der Waals surface area contributed by atoms with Gasteiger partial charge in [-0.3, -0.25) is 9.78 Å². The van der Waals surface area contributed by atoms with E-state index in [1.807, 2.05) is 19.1 Å². The first-order chi connectivity index (χ1) is 16.7. The van der Waals surface area contributed by atoms with Gasteiger partial charge in [0.1, 0.15) is 5.82 Å². The van der Waals surface area contributed by atoms with Crippen LogP contribution < -0.4 is 10.0 Å². The average Bonchev–Trinajstić information content (AvgIpc) is 2.85. The summed E-state index contributed by atoms with van der Waals surface area (Å²) in [5.41, 5.74) is 2.41. The number of sulfonamides is 1. The van der Waals surface area contributed by atoms with E-state index in [1.54, 1.807) is 36.7 Å². The molecule has 0 unspecified atom stereocenters. The zero-order valence-corrected chi connectivity index (χ0v) is 20.8. The molecule has 184 valence electrons. The van der Waals surface area contributed by atoms with Gasteiger partial charge in [0.2, 0.25) is 15.9 Å². The molecule has 2 aromatic carbocycles. The Morgan fingerprint density at radius 3 is 2.31 bits per heavy atom. The van der Waals surface area contributed by atoms with Gasteiger partial charge >= 0.3 is 0 Å². The van der Waals surface area contributed by atoms with Crippen LogP contribution in [-0.2, 0) is 14.8 Å². The van der Waals surface area contributed by atoms with E-state index in [2.05, 4.69) is 15.0 Å². The van der Waals surface area contributed by atoms with Crippen molar-refractivity contribution in [2.75, 3.05) is 0 Å². The summed E-state index contributed by atoms with van der Waals surface area (Å²) >= 11 is 6.38. The Kier molecular flexibility index (Phi) is 7.84. The SMILES string of the molecule is C[C@@H](NC(=O)C1CCC(NS(=O)(=O)c2ccc(-c3ccncc3)c(Cl)c2)CC1)c1ccc(F)cc1. The molecular formula is C26H27ClFN3O3S. The average molecular weight is 516 g/mol. The van der Waals surface area contributed by atoms with Gasteiger partial charge in [0.25, 0.3) is 0 Å². The molecule has 35 heavy (non-hydrogen) atoms. The highest BCUT2D eigenvalue weighted by atomic mass is 35.5. The molecule has 1 aromatic heterocycles. The molecule has 2 N–H and O–H groups in total. The van der Waals surface area contributed by atoms with Crippen molar-refractivity contribution in [3.05, 3.63) is 83.4 Å². The fourth-order valence-corrected chi connectivity index (χ4v) is 6.04. The van der Waals surface area contributed by atoms with E-state index in [9.17, 15) is 17.6 Å². The molecule has 1 amide bonds. The maximum Gasteiger partial charge on any atom is 0.240 e. The highest BCUT2D eigenvalue weighted by Crippen LogP contribution is 2.31. The van der Waals surface area contributed by atoms with Crippen molar-refractivity contribution in [2.24, 2.45) is 5.92 Å². The molecule has 6 nitrogen and oxygen atoms in total. The van der Waals surface area contributed by atoms with Gasteiger partial charge in [-0.2, -0.15) is 0 Å². The largest absolute Gasteiger partial charge is 0.349 e. The van der Waals surface area contributed by atoms with Crippen molar-refractivity contribution in [1.29, 1.82) is 0 Å². The van der Waals surface area contributed by atoms with Gasteiger partial charge in [0, 0.05) is 34.9 Å². The second kappa shape index (κ2) is 10.8. The van der Waals surface area contributed by atoms with Gasteiger partial charge in [0.15, 0.2) is 0 Å². The summed E-state index contributed by atoms with van der Waals surface area (Å²) in [6, 6.07) is 13.9. The van der Waals surface area contributed by atoms with Crippen LogP contribution >= 0.6 is 11.6 Å². The van der Waals surface area contributed by atoms with E-state index in [-0.39, 0.29) is 34.6 Å². The Morgan fingerprint density at radius 1 is 1.03 bits per heavy atom. The Hall–Kier alpha value is -2.81. The molecule has 1 aliphatic carbocycles. The molecule has 0 spiro atoms. The first-order valence-corrected chi connectivity index (χ1v) is 13.4. The fraction of sp³-hybridized carbons (Fsp3) is 0.308. The number of pyridine rings is 1. The summed E-state index contributed by atoms with van der Waals surface area (Å²) in [5.74, 6) is -0.575. The van der Waals surface area contributed by atoms with E-state index >= 15 is 0 Å². The Labute approximate surface area is 210 Å². The van der Waals surface area contributed by atoms with Crippen molar-refractivity contribution in [2.45, 2.75) is 49.6 Å². The number of nitrogens with zero attached hydrogens (tertiary/aromatic N) is 1. The third-order valence-electron chi connectivity index (χ3n) is 6.39. The van der Waals surface area contributed by atoms with Crippen molar-refractivity contribution in [3.63, 3.8) is 0 Å². The second-order valence-electron chi connectivity index (χ2n) is 8.83. The monoisotopic (exact) mass is 515 g/mol. The minimum Gasteiger partial charge on any atom is -0.349 e. The predicted octanol–water partition coefficient (Wildman–Crippen LogP) is 5.26. The summed E-state index contributed by atoms with van der Waals surface area (Å²) < 4.78 is 41.8. The van der Waals surface area contributed by atoms with Crippen LogP contribution in [0.15, 0.2) is 71.9 Å². The number of carbonyl (C=O) groups excluding carboxylic acids is 1. The van der Waals surface area contributed by atoms with E-state index in [1.165, 1.54) is 18.2 Å². The number of hydrogen-bond acceptors (Lipinski definition) is 4. The first kappa shape index (κ1) is 25.3. The van der Waals surface area contributed by atoms with Crippen LogP contribution in [0, 0.1) is 11.7 Å². The van der Waals surface area contributed by atoms with Crippen molar-refractivity contribution in [3.8, 4) is 11.1 Å². The molecule has 0 aliphatic heterocycles. The predicted molar refractivity (Wildman–Crippen MR) is 134 cm³/mol. The van der Waals surface area contributed by atoms with Gasteiger partial charge in [-0.1, -0.05) is 29.8 Å². The van der Waals surface area contributed by atoms with Crippen LogP contribution in [0.5, 0.6) is 0 Å². The topological polar surface area (TPSA) is 88.2 Å². The molecule has 4 rings (SSSR count). The van der Waals surface area contributed by atoms with Gasteiger partial charge < -0.3 is 5.32 Å². The van der Waals surface area contributed by atoms with Crippen LogP contribution in [0.25, 0.3) is 11.1 Å². The number of amides is 1. The van der Waals surface area contributed by atoms with Crippen molar-refractivity contribution >= 4 is 27.5 Å². The number of hydrogen-bond donors (Lipinski definition) is 2. The molecule has 3 aromatic rings. The summed E-state index contributed by atoms with van der Waals surface area (Å²) in [5, 5.41) is 3.32. The van der Waals surface area contributed by atoms with E-state index in [0.717, 1.165) is 16.7 Å². The van der Waals surface area contributed by atoms with Crippen LogP contribution in [0.3, 0.4) is 0 Å². The Morgan fingerprint density at radius 2 is 1.69 bits per heavy atom. The summed E-state index contributed by atoms with van der Waals surface area (Å²) in [6.45, 7) is 1.86. The molecule has 0 radical (unpaired) electrons. The quantitative estimate of drug-likeness (QED) is 0.449. The van der Waals surface area contributed by atoms with E-state index in [4.69, 9.17) is 11.6 Å². The third kappa shape index (κ3) is 6.25. The molecule has 9 heteroatoms. The number of carbonyl (C=O) groups is 1. The molecule has 1 atom stereocenters. The lowest BCUT2D eigenvalue weighted by molar-refractivity contribution is -0.126. The molecular weight excluding hydrogens is 489 g/mol. The van der Waals surface area contributed by atoms with Crippen LogP contribution in [0.4, 0.5) is 4.39 Å². The van der Waals surface area contributed by atoms with Crippen LogP contribution in [0.2, 0.25) is 5.02 Å². The number of aromatic nitrogens is 1. The maximum absolute atomic E-state index is 13.1.